The van der Waals surface area contributed by atoms with E-state index < -0.39 is 0 Å². The highest BCUT2D eigenvalue weighted by molar-refractivity contribution is 5.74. The highest BCUT2D eigenvalue weighted by Crippen LogP contribution is 2.09. The summed E-state index contributed by atoms with van der Waals surface area (Å²) in [5.41, 5.74) is 1.85. The van der Waals surface area contributed by atoms with Gasteiger partial charge in [0, 0.05) is 37.7 Å². The first-order valence-corrected chi connectivity index (χ1v) is 5.81. The summed E-state index contributed by atoms with van der Waals surface area (Å²) in [6.07, 6.45) is 6.92. The molecule has 2 aromatic rings. The van der Waals surface area contributed by atoms with Crippen molar-refractivity contribution in [2.45, 2.75) is 6.42 Å². The van der Waals surface area contributed by atoms with Crippen LogP contribution in [0.1, 0.15) is 15.9 Å². The lowest BCUT2D eigenvalue weighted by molar-refractivity contribution is 0.112. The lowest BCUT2D eigenvalue weighted by atomic mass is 10.2. The van der Waals surface area contributed by atoms with Gasteiger partial charge < -0.3 is 4.90 Å². The number of pyridine rings is 2. The van der Waals surface area contributed by atoms with Gasteiger partial charge >= 0.3 is 0 Å². The zero-order chi connectivity index (χ0) is 12.8. The van der Waals surface area contributed by atoms with Crippen molar-refractivity contribution in [3.63, 3.8) is 0 Å². The topological polar surface area (TPSA) is 46.1 Å². The molecular weight excluding hydrogens is 226 g/mol. The van der Waals surface area contributed by atoms with Crippen LogP contribution in [0.15, 0.2) is 42.9 Å². The second-order valence-corrected chi connectivity index (χ2v) is 4.09. The molecule has 2 heterocycles. The van der Waals surface area contributed by atoms with Gasteiger partial charge in [0.25, 0.3) is 0 Å². The van der Waals surface area contributed by atoms with Crippen LogP contribution < -0.4 is 4.90 Å². The first-order valence-electron chi connectivity index (χ1n) is 5.81. The zero-order valence-electron chi connectivity index (χ0n) is 10.3. The predicted molar refractivity (Wildman–Crippen MR) is 70.8 cm³/mol. The van der Waals surface area contributed by atoms with Crippen molar-refractivity contribution in [3.05, 3.63) is 54.0 Å². The Balaban J connectivity index is 1.94. The maximum absolute atomic E-state index is 10.5. The third-order valence-electron chi connectivity index (χ3n) is 2.78. The van der Waals surface area contributed by atoms with Crippen LogP contribution in [0, 0.1) is 0 Å². The number of carbonyl (C=O) groups excluding carboxylic acids is 1. The van der Waals surface area contributed by atoms with Crippen LogP contribution in [-0.2, 0) is 6.42 Å². The second kappa shape index (κ2) is 5.91. The van der Waals surface area contributed by atoms with Gasteiger partial charge in [-0.05, 0) is 36.2 Å². The molecule has 0 atom stereocenters. The van der Waals surface area contributed by atoms with Crippen LogP contribution >= 0.6 is 0 Å². The molecular formula is C14H15N3O. The Kier molecular flexibility index (Phi) is 4.02. The molecule has 0 aromatic carbocycles. The van der Waals surface area contributed by atoms with E-state index in [0.717, 1.165) is 25.1 Å². The van der Waals surface area contributed by atoms with E-state index in [2.05, 4.69) is 14.9 Å². The molecule has 92 valence electrons. The number of hydrogen-bond acceptors (Lipinski definition) is 4. The van der Waals surface area contributed by atoms with Gasteiger partial charge in [-0.2, -0.15) is 0 Å². The highest BCUT2D eigenvalue weighted by atomic mass is 16.1. The van der Waals surface area contributed by atoms with Crippen LogP contribution in [0.5, 0.6) is 0 Å². The molecule has 0 fully saturated rings. The normalized spacial score (nSPS) is 10.1. The van der Waals surface area contributed by atoms with Crippen LogP contribution in [0.2, 0.25) is 0 Å². The van der Waals surface area contributed by atoms with E-state index in [4.69, 9.17) is 0 Å². The van der Waals surface area contributed by atoms with Gasteiger partial charge in [0.05, 0.1) is 0 Å². The number of nitrogens with zero attached hydrogens (tertiary/aromatic N) is 3. The number of aldehydes is 1. The van der Waals surface area contributed by atoms with Gasteiger partial charge in [-0.3, -0.25) is 9.78 Å². The molecule has 0 N–H and O–H groups in total. The van der Waals surface area contributed by atoms with Crippen molar-refractivity contribution in [1.29, 1.82) is 0 Å². The van der Waals surface area contributed by atoms with Crippen molar-refractivity contribution in [3.8, 4) is 0 Å². The van der Waals surface area contributed by atoms with Crippen molar-refractivity contribution in [1.82, 2.24) is 9.97 Å². The molecule has 18 heavy (non-hydrogen) atoms. The number of aromatic nitrogens is 2. The lowest BCUT2D eigenvalue weighted by Crippen LogP contribution is -2.21. The molecule has 0 amide bonds. The second-order valence-electron chi connectivity index (χ2n) is 4.09. The minimum atomic E-state index is 0.598. The standard InChI is InChI=1S/C14H15N3O/c1-17(9-6-12-4-7-15-8-5-12)14-3-2-13(11-18)10-16-14/h2-5,7-8,10-11H,6,9H2,1H3. The van der Waals surface area contributed by atoms with Gasteiger partial charge in [-0.15, -0.1) is 0 Å². The Morgan fingerprint density at radius 1 is 1.22 bits per heavy atom. The number of anilines is 1. The van der Waals surface area contributed by atoms with Crippen molar-refractivity contribution < 1.29 is 4.79 Å². The molecule has 2 rings (SSSR count). The summed E-state index contributed by atoms with van der Waals surface area (Å²) in [7, 11) is 1.99. The molecule has 0 spiro atoms. The summed E-state index contributed by atoms with van der Waals surface area (Å²) in [5.74, 6) is 0.870. The molecule has 0 unspecified atom stereocenters. The van der Waals surface area contributed by atoms with E-state index in [9.17, 15) is 4.79 Å². The Morgan fingerprint density at radius 3 is 2.61 bits per heavy atom. The van der Waals surface area contributed by atoms with E-state index >= 15 is 0 Å². The Labute approximate surface area is 106 Å². The number of likely N-dealkylation sites (N-methyl/N-ethyl adjacent to an activating group) is 1. The van der Waals surface area contributed by atoms with Gasteiger partial charge in [-0.25, -0.2) is 4.98 Å². The molecule has 0 saturated heterocycles. The number of carbonyl (C=O) groups is 1. The Morgan fingerprint density at radius 2 is 2.00 bits per heavy atom. The third kappa shape index (κ3) is 3.13. The van der Waals surface area contributed by atoms with Crippen molar-refractivity contribution in [2.24, 2.45) is 0 Å². The summed E-state index contributed by atoms with van der Waals surface area (Å²) in [6.45, 7) is 0.872. The van der Waals surface area contributed by atoms with E-state index in [1.165, 1.54) is 5.56 Å². The summed E-state index contributed by atoms with van der Waals surface area (Å²) in [6, 6.07) is 7.65. The van der Waals surface area contributed by atoms with Crippen LogP contribution in [0.3, 0.4) is 0 Å². The largest absolute Gasteiger partial charge is 0.359 e. The molecule has 0 bridgehead atoms. The highest BCUT2D eigenvalue weighted by Gasteiger charge is 2.02. The molecule has 4 nitrogen and oxygen atoms in total. The minimum absolute atomic E-state index is 0.598. The fourth-order valence-corrected chi connectivity index (χ4v) is 1.65. The van der Waals surface area contributed by atoms with Gasteiger partial charge in [0.15, 0.2) is 6.29 Å². The molecule has 0 radical (unpaired) electrons. The van der Waals surface area contributed by atoms with Crippen LogP contribution in [-0.4, -0.2) is 29.8 Å². The number of hydrogen-bond donors (Lipinski definition) is 0. The average Bonchev–Trinajstić information content (AvgIpc) is 2.46. The maximum Gasteiger partial charge on any atom is 0.151 e. The van der Waals surface area contributed by atoms with E-state index in [1.54, 1.807) is 24.7 Å². The monoisotopic (exact) mass is 241 g/mol. The van der Waals surface area contributed by atoms with Gasteiger partial charge in [0.1, 0.15) is 5.82 Å². The fraction of sp³-hybridized carbons (Fsp3) is 0.214. The first kappa shape index (κ1) is 12.2. The number of rotatable bonds is 5. The van der Waals surface area contributed by atoms with E-state index in [1.807, 2.05) is 25.2 Å². The predicted octanol–water partition coefficient (Wildman–Crippen LogP) is 1.97. The fourth-order valence-electron chi connectivity index (χ4n) is 1.65. The smallest absolute Gasteiger partial charge is 0.151 e. The SMILES string of the molecule is CN(CCc1ccncc1)c1ccc(C=O)cn1. The molecule has 0 aliphatic rings. The van der Waals surface area contributed by atoms with Gasteiger partial charge in [0.2, 0.25) is 0 Å². The zero-order valence-corrected chi connectivity index (χ0v) is 10.3. The lowest BCUT2D eigenvalue weighted by Gasteiger charge is -2.17. The molecule has 0 aliphatic carbocycles. The first-order chi connectivity index (χ1) is 8.79. The van der Waals surface area contributed by atoms with Crippen molar-refractivity contribution >= 4 is 12.1 Å². The van der Waals surface area contributed by atoms with Crippen LogP contribution in [0.25, 0.3) is 0 Å². The molecule has 4 heteroatoms. The van der Waals surface area contributed by atoms with Crippen LogP contribution in [0.4, 0.5) is 5.82 Å². The van der Waals surface area contributed by atoms with E-state index in [-0.39, 0.29) is 0 Å². The third-order valence-corrected chi connectivity index (χ3v) is 2.78. The summed E-state index contributed by atoms with van der Waals surface area (Å²) in [4.78, 5) is 20.8. The summed E-state index contributed by atoms with van der Waals surface area (Å²) >= 11 is 0. The van der Waals surface area contributed by atoms with E-state index in [0.29, 0.717) is 5.56 Å². The average molecular weight is 241 g/mol. The molecule has 0 aliphatic heterocycles. The maximum atomic E-state index is 10.5. The summed E-state index contributed by atoms with van der Waals surface area (Å²) < 4.78 is 0. The van der Waals surface area contributed by atoms with Gasteiger partial charge in [-0.1, -0.05) is 0 Å². The van der Waals surface area contributed by atoms with Crippen molar-refractivity contribution in [2.75, 3.05) is 18.5 Å². The molecule has 0 saturated carbocycles. The Hall–Kier alpha value is -2.23. The molecule has 2 aromatic heterocycles. The Bertz CT molecular complexity index is 496. The minimum Gasteiger partial charge on any atom is -0.359 e. The quantitative estimate of drug-likeness (QED) is 0.751. The summed E-state index contributed by atoms with van der Waals surface area (Å²) in [5, 5.41) is 0.